The van der Waals surface area contributed by atoms with E-state index < -0.39 is 17.7 Å². The molecule has 0 bridgehead atoms. The number of hydrazone groups is 1. The number of hydrogen-bond acceptors (Lipinski definition) is 3. The minimum Gasteiger partial charge on any atom is -0.298 e. The molecule has 1 saturated carbocycles. The number of carbonyl (C=O) groups is 2. The van der Waals surface area contributed by atoms with E-state index in [2.05, 4.69) is 5.10 Å². The second-order valence-electron chi connectivity index (χ2n) is 7.92. The van der Waals surface area contributed by atoms with Gasteiger partial charge in [0.25, 0.3) is 11.8 Å². The van der Waals surface area contributed by atoms with Crippen LogP contribution in [0, 0.1) is 5.92 Å². The highest BCUT2D eigenvalue weighted by Crippen LogP contribution is 2.40. The Morgan fingerprint density at radius 2 is 1.86 bits per heavy atom. The summed E-state index contributed by atoms with van der Waals surface area (Å²) in [5, 5.41) is 5.56. The van der Waals surface area contributed by atoms with E-state index in [1.54, 1.807) is 13.0 Å². The lowest BCUT2D eigenvalue weighted by Gasteiger charge is -2.15. The standard InChI is InChI=1S/C23H22F2N2O2/c1-14-21(20(28)13-15-4-3-5-18(12-15)23(2,24)25)22(29)27(26-14)19-10-8-17(9-11-19)16-6-7-16/h3-5,8-12,16,21H,6-7,13H2,1-2H3. The summed E-state index contributed by atoms with van der Waals surface area (Å²) in [6.45, 7) is 2.47. The molecule has 2 aliphatic rings. The van der Waals surface area contributed by atoms with Crippen LogP contribution in [0.4, 0.5) is 14.5 Å². The molecular weight excluding hydrogens is 374 g/mol. The zero-order chi connectivity index (χ0) is 20.8. The summed E-state index contributed by atoms with van der Waals surface area (Å²) in [6, 6.07) is 13.5. The van der Waals surface area contributed by atoms with E-state index >= 15 is 0 Å². The van der Waals surface area contributed by atoms with Gasteiger partial charge in [0, 0.05) is 18.9 Å². The number of rotatable bonds is 6. The van der Waals surface area contributed by atoms with Crippen molar-refractivity contribution in [1.82, 2.24) is 0 Å². The van der Waals surface area contributed by atoms with Crippen molar-refractivity contribution in [3.8, 4) is 0 Å². The second kappa shape index (κ2) is 7.17. The van der Waals surface area contributed by atoms with Gasteiger partial charge >= 0.3 is 0 Å². The van der Waals surface area contributed by atoms with Crippen molar-refractivity contribution < 1.29 is 18.4 Å². The van der Waals surface area contributed by atoms with Crippen molar-refractivity contribution in [3.05, 3.63) is 65.2 Å². The Hall–Kier alpha value is -2.89. The summed E-state index contributed by atoms with van der Waals surface area (Å²) in [4.78, 5) is 25.7. The maximum absolute atomic E-state index is 13.6. The summed E-state index contributed by atoms with van der Waals surface area (Å²) in [6.07, 6.45) is 2.30. The molecule has 1 aliphatic heterocycles. The summed E-state index contributed by atoms with van der Waals surface area (Å²) in [5.41, 5.74) is 2.61. The van der Waals surface area contributed by atoms with Crippen molar-refractivity contribution >= 4 is 23.1 Å². The van der Waals surface area contributed by atoms with E-state index in [9.17, 15) is 18.4 Å². The van der Waals surface area contributed by atoms with Crippen LogP contribution in [0.25, 0.3) is 0 Å². The van der Waals surface area contributed by atoms with Crippen molar-refractivity contribution in [2.45, 2.75) is 45.0 Å². The van der Waals surface area contributed by atoms with Gasteiger partial charge in [0.15, 0.2) is 5.78 Å². The number of anilines is 1. The number of amides is 1. The zero-order valence-corrected chi connectivity index (χ0v) is 16.4. The molecule has 0 aromatic heterocycles. The highest BCUT2D eigenvalue weighted by atomic mass is 19.3. The number of halogens is 2. The van der Waals surface area contributed by atoms with Crippen LogP contribution in [0.2, 0.25) is 0 Å². The van der Waals surface area contributed by atoms with Gasteiger partial charge in [-0.05, 0) is 55.0 Å². The Morgan fingerprint density at radius 3 is 2.48 bits per heavy atom. The number of alkyl halides is 2. The van der Waals surface area contributed by atoms with Crippen LogP contribution in [0.15, 0.2) is 53.6 Å². The van der Waals surface area contributed by atoms with E-state index in [0.29, 0.717) is 22.9 Å². The van der Waals surface area contributed by atoms with Gasteiger partial charge in [0.1, 0.15) is 5.92 Å². The average molecular weight is 396 g/mol. The molecule has 1 aliphatic carbocycles. The molecule has 1 atom stereocenters. The molecule has 0 saturated heterocycles. The molecular formula is C23H22F2N2O2. The minimum absolute atomic E-state index is 0.0956. The topological polar surface area (TPSA) is 49.7 Å². The smallest absolute Gasteiger partial charge is 0.270 e. The Balaban J connectivity index is 1.49. The van der Waals surface area contributed by atoms with Crippen LogP contribution in [-0.4, -0.2) is 17.4 Å². The number of nitrogens with zero attached hydrogens (tertiary/aromatic N) is 2. The molecule has 4 rings (SSSR count). The monoisotopic (exact) mass is 396 g/mol. The first-order chi connectivity index (χ1) is 13.7. The molecule has 0 spiro atoms. The third-order valence-corrected chi connectivity index (χ3v) is 5.45. The van der Waals surface area contributed by atoms with E-state index in [4.69, 9.17) is 0 Å². The number of carbonyl (C=O) groups excluding carboxylic acids is 2. The lowest BCUT2D eigenvalue weighted by molar-refractivity contribution is -0.128. The van der Waals surface area contributed by atoms with Gasteiger partial charge in [0.05, 0.1) is 11.4 Å². The fourth-order valence-electron chi connectivity index (χ4n) is 3.68. The normalized spacial score (nSPS) is 19.4. The molecule has 1 heterocycles. The summed E-state index contributed by atoms with van der Waals surface area (Å²) in [5.74, 6) is -4.09. The summed E-state index contributed by atoms with van der Waals surface area (Å²) in [7, 11) is 0. The molecule has 1 unspecified atom stereocenters. The number of benzene rings is 2. The van der Waals surface area contributed by atoms with Crippen LogP contribution < -0.4 is 5.01 Å². The quantitative estimate of drug-likeness (QED) is 0.657. The van der Waals surface area contributed by atoms with Crippen molar-refractivity contribution in [1.29, 1.82) is 0 Å². The molecule has 4 nitrogen and oxygen atoms in total. The molecule has 150 valence electrons. The van der Waals surface area contributed by atoms with Crippen molar-refractivity contribution in [3.63, 3.8) is 0 Å². The van der Waals surface area contributed by atoms with Crippen molar-refractivity contribution in [2.75, 3.05) is 5.01 Å². The first-order valence-corrected chi connectivity index (χ1v) is 9.73. The Morgan fingerprint density at radius 1 is 1.17 bits per heavy atom. The molecule has 0 N–H and O–H groups in total. The highest BCUT2D eigenvalue weighted by molar-refractivity contribution is 6.27. The molecule has 6 heteroatoms. The largest absolute Gasteiger partial charge is 0.298 e. The lowest BCUT2D eigenvalue weighted by Crippen LogP contribution is -2.33. The van der Waals surface area contributed by atoms with Crippen molar-refractivity contribution in [2.24, 2.45) is 11.0 Å². The Bertz CT molecular complexity index is 989. The lowest BCUT2D eigenvalue weighted by atomic mass is 9.93. The molecule has 2 aromatic carbocycles. The predicted molar refractivity (Wildman–Crippen MR) is 107 cm³/mol. The molecule has 29 heavy (non-hydrogen) atoms. The first-order valence-electron chi connectivity index (χ1n) is 9.73. The number of Topliss-reactive ketones (excluding diaryl/α,β-unsaturated/α-hetero) is 1. The third-order valence-electron chi connectivity index (χ3n) is 5.45. The van der Waals surface area contributed by atoms with Gasteiger partial charge < -0.3 is 0 Å². The zero-order valence-electron chi connectivity index (χ0n) is 16.4. The molecule has 0 radical (unpaired) electrons. The van der Waals surface area contributed by atoms with Gasteiger partial charge in [-0.2, -0.15) is 10.1 Å². The highest BCUT2D eigenvalue weighted by Gasteiger charge is 2.39. The maximum atomic E-state index is 13.6. The summed E-state index contributed by atoms with van der Waals surface area (Å²) >= 11 is 0. The predicted octanol–water partition coefficient (Wildman–Crippen LogP) is 4.83. The fourth-order valence-corrected chi connectivity index (χ4v) is 3.68. The first kappa shape index (κ1) is 19.4. The van der Waals surface area contributed by atoms with Gasteiger partial charge in [-0.1, -0.05) is 30.3 Å². The van der Waals surface area contributed by atoms with Crippen LogP contribution in [-0.2, 0) is 21.9 Å². The molecule has 2 aromatic rings. The van der Waals surface area contributed by atoms with Crippen LogP contribution >= 0.6 is 0 Å². The molecule has 1 amide bonds. The third kappa shape index (κ3) is 3.97. The van der Waals surface area contributed by atoms with Gasteiger partial charge in [-0.25, -0.2) is 8.78 Å². The van der Waals surface area contributed by atoms with E-state index in [1.165, 1.54) is 41.6 Å². The average Bonchev–Trinajstić information content (AvgIpc) is 3.47. The second-order valence-corrected chi connectivity index (χ2v) is 7.92. The van der Waals surface area contributed by atoms with E-state index in [-0.39, 0.29) is 17.8 Å². The SMILES string of the molecule is CC1=NN(c2ccc(C3CC3)cc2)C(=O)C1C(=O)Cc1cccc(C(C)(F)F)c1. The van der Waals surface area contributed by atoms with Gasteiger partial charge in [0.2, 0.25) is 0 Å². The van der Waals surface area contributed by atoms with Gasteiger partial charge in [-0.15, -0.1) is 0 Å². The van der Waals surface area contributed by atoms with Crippen LogP contribution in [0.3, 0.4) is 0 Å². The molecule has 1 fully saturated rings. The minimum atomic E-state index is -2.98. The fraction of sp³-hybridized carbons (Fsp3) is 0.348. The number of hydrogen-bond donors (Lipinski definition) is 0. The Kier molecular flexibility index (Phi) is 4.81. The number of ketones is 1. The van der Waals surface area contributed by atoms with E-state index in [1.807, 2.05) is 24.3 Å². The van der Waals surface area contributed by atoms with Gasteiger partial charge in [-0.3, -0.25) is 9.59 Å². The van der Waals surface area contributed by atoms with E-state index in [0.717, 1.165) is 6.92 Å². The summed E-state index contributed by atoms with van der Waals surface area (Å²) < 4.78 is 27.1. The van der Waals surface area contributed by atoms with Crippen LogP contribution in [0.1, 0.15) is 49.3 Å². The maximum Gasteiger partial charge on any atom is 0.270 e. The van der Waals surface area contributed by atoms with Crippen LogP contribution in [0.5, 0.6) is 0 Å². The Labute approximate surface area is 168 Å².